The lowest BCUT2D eigenvalue weighted by Crippen LogP contribution is -1.84. The van der Waals surface area contributed by atoms with Crippen molar-refractivity contribution >= 4 is 22.1 Å². The standard InChI is InChI=1S/C16H13N3O3/c1-7-3-14(21)9(4-13(7)20)16-18-10-5-12-15(6-11(10)19-16)22-8(2)17-12/h3-6,20-21H,1-2H3,(H,18,19). The molecule has 2 aromatic carbocycles. The molecule has 0 spiro atoms. The highest BCUT2D eigenvalue weighted by Crippen LogP contribution is 2.34. The van der Waals surface area contributed by atoms with Gasteiger partial charge in [-0.1, -0.05) is 0 Å². The van der Waals surface area contributed by atoms with Crippen LogP contribution in [0.4, 0.5) is 0 Å². The summed E-state index contributed by atoms with van der Waals surface area (Å²) < 4.78 is 5.50. The minimum Gasteiger partial charge on any atom is -0.508 e. The quantitative estimate of drug-likeness (QED) is 0.468. The summed E-state index contributed by atoms with van der Waals surface area (Å²) in [6.07, 6.45) is 0. The van der Waals surface area contributed by atoms with E-state index in [-0.39, 0.29) is 11.5 Å². The molecule has 0 unspecified atom stereocenters. The zero-order valence-corrected chi connectivity index (χ0v) is 12.0. The molecule has 6 heteroatoms. The lowest BCUT2D eigenvalue weighted by Gasteiger charge is -2.04. The fraction of sp³-hybridized carbons (Fsp3) is 0.125. The molecule has 0 aliphatic carbocycles. The van der Waals surface area contributed by atoms with Crippen molar-refractivity contribution in [2.24, 2.45) is 0 Å². The third-order valence-electron chi connectivity index (χ3n) is 3.67. The van der Waals surface area contributed by atoms with E-state index in [4.69, 9.17) is 4.42 Å². The van der Waals surface area contributed by atoms with Crippen molar-refractivity contribution < 1.29 is 14.6 Å². The number of aryl methyl sites for hydroxylation is 2. The SMILES string of the molecule is Cc1nc2cc3nc(-c4cc(O)c(C)cc4O)[nH]c3cc2o1. The molecule has 4 aromatic rings. The van der Waals surface area contributed by atoms with Crippen LogP contribution >= 0.6 is 0 Å². The molecule has 2 heterocycles. The van der Waals surface area contributed by atoms with Gasteiger partial charge in [0.15, 0.2) is 11.5 Å². The van der Waals surface area contributed by atoms with E-state index in [1.165, 1.54) is 12.1 Å². The fourth-order valence-electron chi connectivity index (χ4n) is 2.55. The van der Waals surface area contributed by atoms with E-state index in [2.05, 4.69) is 15.0 Å². The number of aromatic amines is 1. The first-order valence-corrected chi connectivity index (χ1v) is 6.81. The molecule has 0 saturated carbocycles. The van der Waals surface area contributed by atoms with Gasteiger partial charge in [-0.3, -0.25) is 0 Å². The lowest BCUT2D eigenvalue weighted by molar-refractivity contribution is 0.458. The third-order valence-corrected chi connectivity index (χ3v) is 3.67. The number of aromatic hydroxyl groups is 2. The predicted octanol–water partition coefficient (Wildman–Crippen LogP) is 3.40. The Balaban J connectivity index is 1.94. The molecular weight excluding hydrogens is 282 g/mol. The number of nitrogens with zero attached hydrogens (tertiary/aromatic N) is 2. The molecule has 0 bridgehead atoms. The first-order valence-electron chi connectivity index (χ1n) is 6.81. The van der Waals surface area contributed by atoms with Crippen LogP contribution in [0.15, 0.2) is 28.7 Å². The third kappa shape index (κ3) is 1.81. The van der Waals surface area contributed by atoms with Gasteiger partial charge < -0.3 is 19.6 Å². The maximum atomic E-state index is 10.1. The monoisotopic (exact) mass is 295 g/mol. The summed E-state index contributed by atoms with van der Waals surface area (Å²) in [6, 6.07) is 6.65. The highest BCUT2D eigenvalue weighted by Gasteiger charge is 2.14. The van der Waals surface area contributed by atoms with Gasteiger partial charge in [-0.2, -0.15) is 0 Å². The van der Waals surface area contributed by atoms with Crippen LogP contribution in [0.25, 0.3) is 33.5 Å². The van der Waals surface area contributed by atoms with E-state index < -0.39 is 0 Å². The molecule has 0 atom stereocenters. The van der Waals surface area contributed by atoms with Crippen molar-refractivity contribution in [3.63, 3.8) is 0 Å². The van der Waals surface area contributed by atoms with Crippen molar-refractivity contribution in [2.45, 2.75) is 13.8 Å². The highest BCUT2D eigenvalue weighted by molar-refractivity contribution is 5.92. The van der Waals surface area contributed by atoms with Gasteiger partial charge in [0, 0.05) is 13.0 Å². The summed E-state index contributed by atoms with van der Waals surface area (Å²) in [4.78, 5) is 11.9. The number of hydrogen-bond donors (Lipinski definition) is 3. The second-order valence-electron chi connectivity index (χ2n) is 5.31. The van der Waals surface area contributed by atoms with Crippen LogP contribution < -0.4 is 0 Å². The normalized spacial score (nSPS) is 11.5. The van der Waals surface area contributed by atoms with Crippen LogP contribution in [-0.2, 0) is 0 Å². The Labute approximate surface area is 125 Å². The number of hydrogen-bond acceptors (Lipinski definition) is 5. The number of nitrogens with one attached hydrogen (secondary N) is 1. The summed E-state index contributed by atoms with van der Waals surface area (Å²) >= 11 is 0. The van der Waals surface area contributed by atoms with E-state index in [1.54, 1.807) is 13.8 Å². The second-order valence-corrected chi connectivity index (χ2v) is 5.31. The van der Waals surface area contributed by atoms with Crippen molar-refractivity contribution in [2.75, 3.05) is 0 Å². The number of oxazole rings is 1. The average molecular weight is 295 g/mol. The topological polar surface area (TPSA) is 95.2 Å². The Hall–Kier alpha value is -3.02. The van der Waals surface area contributed by atoms with Crippen LogP contribution in [0, 0.1) is 13.8 Å². The molecule has 4 rings (SSSR count). The summed E-state index contributed by atoms with van der Waals surface area (Å²) in [6.45, 7) is 3.51. The van der Waals surface area contributed by atoms with Crippen molar-refractivity contribution in [1.82, 2.24) is 15.0 Å². The number of benzene rings is 2. The van der Waals surface area contributed by atoms with Crippen LogP contribution in [0.5, 0.6) is 11.5 Å². The summed E-state index contributed by atoms with van der Waals surface area (Å²) in [5.74, 6) is 1.25. The molecule has 0 aliphatic rings. The zero-order valence-electron chi connectivity index (χ0n) is 12.0. The Bertz CT molecular complexity index is 979. The molecule has 0 saturated heterocycles. The molecule has 0 radical (unpaired) electrons. The number of rotatable bonds is 1. The van der Waals surface area contributed by atoms with Crippen LogP contribution in [-0.4, -0.2) is 25.2 Å². The lowest BCUT2D eigenvalue weighted by atomic mass is 10.1. The molecule has 0 aliphatic heterocycles. The van der Waals surface area contributed by atoms with E-state index in [1.807, 2.05) is 12.1 Å². The van der Waals surface area contributed by atoms with Crippen LogP contribution in [0.3, 0.4) is 0 Å². The fourth-order valence-corrected chi connectivity index (χ4v) is 2.55. The Morgan fingerprint density at radius 1 is 0.955 bits per heavy atom. The number of H-pyrrole nitrogens is 1. The van der Waals surface area contributed by atoms with Crippen molar-refractivity contribution in [3.05, 3.63) is 35.7 Å². The zero-order chi connectivity index (χ0) is 15.4. The van der Waals surface area contributed by atoms with E-state index in [9.17, 15) is 10.2 Å². The number of fused-ring (bicyclic) bond motifs is 2. The predicted molar refractivity (Wildman–Crippen MR) is 81.9 cm³/mol. The Morgan fingerprint density at radius 3 is 2.59 bits per heavy atom. The smallest absolute Gasteiger partial charge is 0.192 e. The minimum atomic E-state index is 0.0620. The van der Waals surface area contributed by atoms with Crippen LogP contribution in [0.1, 0.15) is 11.5 Å². The average Bonchev–Trinajstić information content (AvgIpc) is 3.01. The first kappa shape index (κ1) is 12.7. The molecule has 22 heavy (non-hydrogen) atoms. The van der Waals surface area contributed by atoms with E-state index in [0.717, 1.165) is 16.6 Å². The molecule has 2 aromatic heterocycles. The van der Waals surface area contributed by atoms with Gasteiger partial charge in [-0.15, -0.1) is 0 Å². The van der Waals surface area contributed by atoms with E-state index in [0.29, 0.717) is 28.4 Å². The number of imidazole rings is 1. The summed E-state index contributed by atoms with van der Waals surface area (Å²) in [5.41, 5.74) is 3.96. The van der Waals surface area contributed by atoms with Gasteiger partial charge in [0.1, 0.15) is 22.8 Å². The highest BCUT2D eigenvalue weighted by atomic mass is 16.3. The van der Waals surface area contributed by atoms with Gasteiger partial charge in [0.25, 0.3) is 0 Å². The minimum absolute atomic E-state index is 0.0620. The van der Waals surface area contributed by atoms with Crippen molar-refractivity contribution in [1.29, 1.82) is 0 Å². The van der Waals surface area contributed by atoms with Gasteiger partial charge in [0.2, 0.25) is 0 Å². The van der Waals surface area contributed by atoms with Crippen molar-refractivity contribution in [3.8, 4) is 22.9 Å². The molecule has 6 nitrogen and oxygen atoms in total. The number of aromatic nitrogens is 3. The molecule has 110 valence electrons. The first-order chi connectivity index (χ1) is 10.5. The molecule has 0 amide bonds. The maximum absolute atomic E-state index is 10.1. The van der Waals surface area contributed by atoms with E-state index >= 15 is 0 Å². The number of phenols is 2. The van der Waals surface area contributed by atoms with Gasteiger partial charge >= 0.3 is 0 Å². The summed E-state index contributed by atoms with van der Waals surface area (Å²) in [5, 5.41) is 19.9. The molecular formula is C16H13N3O3. The van der Waals surface area contributed by atoms with Gasteiger partial charge in [-0.25, -0.2) is 9.97 Å². The molecule has 3 N–H and O–H groups in total. The van der Waals surface area contributed by atoms with Gasteiger partial charge in [0.05, 0.1) is 16.6 Å². The summed E-state index contributed by atoms with van der Waals surface area (Å²) in [7, 11) is 0. The Morgan fingerprint density at radius 2 is 1.77 bits per heavy atom. The van der Waals surface area contributed by atoms with Crippen LogP contribution in [0.2, 0.25) is 0 Å². The Kier molecular flexibility index (Phi) is 2.45. The van der Waals surface area contributed by atoms with Gasteiger partial charge in [-0.05, 0) is 30.7 Å². The number of phenolic OH excluding ortho intramolecular Hbond substituents is 2. The second kappa shape index (κ2) is 4.24. The largest absolute Gasteiger partial charge is 0.508 e. The molecule has 0 fully saturated rings. The maximum Gasteiger partial charge on any atom is 0.192 e.